The minimum atomic E-state index is -3.28. The van der Waals surface area contributed by atoms with Crippen LogP contribution < -0.4 is 5.32 Å². The fourth-order valence-electron chi connectivity index (χ4n) is 2.68. The van der Waals surface area contributed by atoms with Crippen molar-refractivity contribution in [1.29, 1.82) is 0 Å². The maximum Gasteiger partial charge on any atom is 0.215 e. The molecule has 2 aromatic rings. The number of hydrogen-bond donors (Lipinski definition) is 1. The van der Waals surface area contributed by atoms with Gasteiger partial charge in [0.2, 0.25) is 10.0 Å². The molecule has 1 aliphatic heterocycles. The van der Waals surface area contributed by atoms with Crippen molar-refractivity contribution >= 4 is 21.4 Å². The minimum Gasteiger partial charge on any atom is -0.313 e. The highest BCUT2D eigenvalue weighted by atomic mass is 32.2. The van der Waals surface area contributed by atoms with Crippen LogP contribution in [0.4, 0.5) is 0 Å². The number of thiophene rings is 1. The zero-order valence-electron chi connectivity index (χ0n) is 12.2. The van der Waals surface area contributed by atoms with Crippen molar-refractivity contribution in [3.63, 3.8) is 0 Å². The molecule has 1 fully saturated rings. The predicted molar refractivity (Wildman–Crippen MR) is 88.4 cm³/mol. The van der Waals surface area contributed by atoms with Crippen molar-refractivity contribution in [1.82, 2.24) is 14.6 Å². The molecule has 5 nitrogen and oxygen atoms in total. The fraction of sp³-hybridized carbons (Fsp3) is 0.400. The number of sulfonamides is 1. The van der Waals surface area contributed by atoms with E-state index < -0.39 is 10.0 Å². The van der Waals surface area contributed by atoms with E-state index >= 15 is 0 Å². The Bertz CT molecular complexity index is 687. The van der Waals surface area contributed by atoms with E-state index in [1.54, 1.807) is 28.0 Å². The molecule has 0 amide bonds. The van der Waals surface area contributed by atoms with E-state index in [1.165, 1.54) is 0 Å². The molecule has 7 heteroatoms. The fourth-order valence-corrected chi connectivity index (χ4v) is 5.18. The van der Waals surface area contributed by atoms with Gasteiger partial charge in [0.15, 0.2) is 0 Å². The molecule has 3 rings (SSSR count). The van der Waals surface area contributed by atoms with E-state index in [0.717, 1.165) is 10.4 Å². The summed E-state index contributed by atoms with van der Waals surface area (Å²) in [6.07, 6.45) is 4.03. The summed E-state index contributed by atoms with van der Waals surface area (Å²) in [5.41, 5.74) is 0.939. The Morgan fingerprint density at radius 1 is 1.36 bits per heavy atom. The summed E-state index contributed by atoms with van der Waals surface area (Å²) < 4.78 is 27.1. The molecular weight excluding hydrogens is 318 g/mol. The molecule has 0 saturated carbocycles. The average Bonchev–Trinajstić information content (AvgIpc) is 3.07. The van der Waals surface area contributed by atoms with Crippen LogP contribution in [0.3, 0.4) is 0 Å². The second-order valence-electron chi connectivity index (χ2n) is 5.26. The summed E-state index contributed by atoms with van der Waals surface area (Å²) in [6.45, 7) is 1.82. The Morgan fingerprint density at radius 2 is 2.27 bits per heavy atom. The van der Waals surface area contributed by atoms with Crippen molar-refractivity contribution in [3.8, 4) is 0 Å². The molecule has 0 aliphatic carbocycles. The Kier molecular flexibility index (Phi) is 4.87. The summed E-state index contributed by atoms with van der Waals surface area (Å²) in [4.78, 5) is 5.22. The molecule has 1 N–H and O–H groups in total. The number of nitrogens with zero attached hydrogens (tertiary/aromatic N) is 2. The summed E-state index contributed by atoms with van der Waals surface area (Å²) in [5.74, 6) is 0.157. The topological polar surface area (TPSA) is 62.3 Å². The molecule has 1 unspecified atom stereocenters. The molecule has 22 heavy (non-hydrogen) atoms. The molecule has 1 saturated heterocycles. The van der Waals surface area contributed by atoms with Gasteiger partial charge in [-0.25, -0.2) is 8.42 Å². The van der Waals surface area contributed by atoms with E-state index in [9.17, 15) is 8.42 Å². The van der Waals surface area contributed by atoms with E-state index in [4.69, 9.17) is 0 Å². The highest BCUT2D eigenvalue weighted by molar-refractivity contribution is 7.89. The standard InChI is InChI=1S/C15H19N3O2S2/c19-22(20,10-5-14-4-2-9-21-14)18-8-7-17-12-15(18)13-3-1-6-16-11-13/h1-4,6,9,11,15,17H,5,7-8,10,12H2. The zero-order chi connectivity index (χ0) is 15.4. The van der Waals surface area contributed by atoms with E-state index in [-0.39, 0.29) is 11.8 Å². The molecule has 1 aliphatic rings. The molecule has 2 aromatic heterocycles. The molecule has 118 valence electrons. The van der Waals surface area contributed by atoms with Crippen LogP contribution in [0.15, 0.2) is 42.0 Å². The maximum absolute atomic E-state index is 12.7. The van der Waals surface area contributed by atoms with E-state index in [2.05, 4.69) is 10.3 Å². The van der Waals surface area contributed by atoms with Gasteiger partial charge in [0, 0.05) is 36.9 Å². The van der Waals surface area contributed by atoms with Crippen molar-refractivity contribution in [2.75, 3.05) is 25.4 Å². The second kappa shape index (κ2) is 6.87. The Labute approximate surface area is 135 Å². The Hall–Kier alpha value is -1.28. The summed E-state index contributed by atoms with van der Waals surface area (Å²) in [5, 5.41) is 5.25. The van der Waals surface area contributed by atoms with Crippen LogP contribution in [-0.2, 0) is 16.4 Å². The molecular formula is C15H19N3O2S2. The van der Waals surface area contributed by atoms with Gasteiger partial charge >= 0.3 is 0 Å². The van der Waals surface area contributed by atoms with Crippen molar-refractivity contribution in [3.05, 3.63) is 52.5 Å². The average molecular weight is 337 g/mol. The summed E-state index contributed by atoms with van der Waals surface area (Å²) in [7, 11) is -3.28. The van der Waals surface area contributed by atoms with Crippen LogP contribution in [-0.4, -0.2) is 43.1 Å². The first-order valence-corrected chi connectivity index (χ1v) is 9.78. The normalized spacial score (nSPS) is 20.1. The van der Waals surface area contributed by atoms with E-state index in [0.29, 0.717) is 26.1 Å². The smallest absolute Gasteiger partial charge is 0.215 e. The first-order chi connectivity index (χ1) is 10.7. The van der Waals surface area contributed by atoms with Gasteiger partial charge in [0.1, 0.15) is 0 Å². The molecule has 0 radical (unpaired) electrons. The SMILES string of the molecule is O=S(=O)(CCc1cccs1)N1CCNCC1c1cccnc1. The van der Waals surface area contributed by atoms with Crippen molar-refractivity contribution < 1.29 is 8.42 Å². The molecule has 0 aromatic carbocycles. The number of aryl methyl sites for hydroxylation is 1. The monoisotopic (exact) mass is 337 g/mol. The first-order valence-electron chi connectivity index (χ1n) is 7.29. The van der Waals surface area contributed by atoms with Crippen LogP contribution in [0, 0.1) is 0 Å². The second-order valence-corrected chi connectivity index (χ2v) is 8.34. The van der Waals surface area contributed by atoms with Crippen LogP contribution in [0.2, 0.25) is 0 Å². The maximum atomic E-state index is 12.7. The van der Waals surface area contributed by atoms with Gasteiger partial charge in [-0.15, -0.1) is 11.3 Å². The minimum absolute atomic E-state index is 0.157. The van der Waals surface area contributed by atoms with Crippen LogP contribution in [0.25, 0.3) is 0 Å². The van der Waals surface area contributed by atoms with Crippen molar-refractivity contribution in [2.45, 2.75) is 12.5 Å². The summed E-state index contributed by atoms with van der Waals surface area (Å²) >= 11 is 1.60. The largest absolute Gasteiger partial charge is 0.313 e. The third kappa shape index (κ3) is 3.55. The highest BCUT2D eigenvalue weighted by Gasteiger charge is 2.33. The molecule has 0 bridgehead atoms. The molecule has 0 spiro atoms. The van der Waals surface area contributed by atoms with Crippen LogP contribution in [0.5, 0.6) is 0 Å². The van der Waals surface area contributed by atoms with E-state index in [1.807, 2.05) is 29.6 Å². The molecule has 1 atom stereocenters. The quantitative estimate of drug-likeness (QED) is 0.901. The predicted octanol–water partition coefficient (Wildman–Crippen LogP) is 1.66. The Balaban J connectivity index is 1.77. The summed E-state index contributed by atoms with van der Waals surface area (Å²) in [6, 6.07) is 7.55. The zero-order valence-corrected chi connectivity index (χ0v) is 13.8. The number of nitrogens with one attached hydrogen (secondary N) is 1. The van der Waals surface area contributed by atoms with Crippen LogP contribution in [0.1, 0.15) is 16.5 Å². The lowest BCUT2D eigenvalue weighted by molar-refractivity contribution is 0.271. The van der Waals surface area contributed by atoms with Crippen molar-refractivity contribution in [2.24, 2.45) is 0 Å². The van der Waals surface area contributed by atoms with Crippen LogP contribution >= 0.6 is 11.3 Å². The number of hydrogen-bond acceptors (Lipinski definition) is 5. The number of pyridine rings is 1. The lowest BCUT2D eigenvalue weighted by atomic mass is 10.1. The lowest BCUT2D eigenvalue weighted by Gasteiger charge is -2.35. The van der Waals surface area contributed by atoms with Gasteiger partial charge in [-0.1, -0.05) is 12.1 Å². The van der Waals surface area contributed by atoms with Gasteiger partial charge in [0.25, 0.3) is 0 Å². The third-order valence-corrected chi connectivity index (χ3v) is 6.62. The third-order valence-electron chi connectivity index (χ3n) is 3.81. The lowest BCUT2D eigenvalue weighted by Crippen LogP contribution is -2.49. The molecule has 3 heterocycles. The van der Waals surface area contributed by atoms with Gasteiger partial charge in [0.05, 0.1) is 11.8 Å². The number of rotatable bonds is 5. The Morgan fingerprint density at radius 3 is 3.00 bits per heavy atom. The van der Waals surface area contributed by atoms with Gasteiger partial charge in [-0.2, -0.15) is 4.31 Å². The first kappa shape index (κ1) is 15.6. The van der Waals surface area contributed by atoms with Gasteiger partial charge in [-0.05, 0) is 29.5 Å². The number of piperazine rings is 1. The highest BCUT2D eigenvalue weighted by Crippen LogP contribution is 2.25. The van der Waals surface area contributed by atoms with Gasteiger partial charge < -0.3 is 5.32 Å². The number of aromatic nitrogens is 1. The van der Waals surface area contributed by atoms with Gasteiger partial charge in [-0.3, -0.25) is 4.98 Å².